The summed E-state index contributed by atoms with van der Waals surface area (Å²) in [6, 6.07) is 9.38. The summed E-state index contributed by atoms with van der Waals surface area (Å²) < 4.78 is 0. The lowest BCUT2D eigenvalue weighted by atomic mass is 9.83. The summed E-state index contributed by atoms with van der Waals surface area (Å²) in [5.41, 5.74) is 0.923. The Hall–Kier alpha value is -2.96. The van der Waals surface area contributed by atoms with Gasteiger partial charge in [-0.25, -0.2) is 0 Å². The first-order chi connectivity index (χ1) is 13.9. The average Bonchev–Trinajstić information content (AvgIpc) is 3.04. The number of fused-ring (bicyclic) bond motifs is 1. The van der Waals surface area contributed by atoms with Gasteiger partial charge in [0.05, 0.1) is 11.1 Å². The van der Waals surface area contributed by atoms with Crippen molar-refractivity contribution < 1.29 is 14.4 Å². The molecule has 7 heteroatoms. The van der Waals surface area contributed by atoms with Crippen LogP contribution in [0.2, 0.25) is 0 Å². The summed E-state index contributed by atoms with van der Waals surface area (Å²) in [5, 5.41) is 3.92. The van der Waals surface area contributed by atoms with Gasteiger partial charge >= 0.3 is 0 Å². The summed E-state index contributed by atoms with van der Waals surface area (Å²) in [6.45, 7) is 4.81. The molecule has 0 aliphatic carbocycles. The van der Waals surface area contributed by atoms with Crippen LogP contribution in [-0.4, -0.2) is 63.7 Å². The summed E-state index contributed by atoms with van der Waals surface area (Å²) >= 11 is 0. The number of nitrogens with one attached hydrogen (secondary N) is 1. The molecule has 3 amide bonds. The van der Waals surface area contributed by atoms with E-state index in [-0.39, 0.29) is 29.3 Å². The van der Waals surface area contributed by atoms with Crippen molar-refractivity contribution in [3.8, 4) is 0 Å². The maximum atomic E-state index is 13.7. The highest BCUT2D eigenvalue weighted by molar-refractivity contribution is 6.05. The van der Waals surface area contributed by atoms with Gasteiger partial charge in [-0.3, -0.25) is 19.4 Å². The fourth-order valence-electron chi connectivity index (χ4n) is 4.86. The van der Waals surface area contributed by atoms with Crippen molar-refractivity contribution >= 4 is 28.6 Å². The van der Waals surface area contributed by atoms with Crippen molar-refractivity contribution in [2.24, 2.45) is 0 Å². The van der Waals surface area contributed by atoms with E-state index in [4.69, 9.17) is 0 Å². The Morgan fingerprint density at radius 1 is 1.10 bits per heavy atom. The van der Waals surface area contributed by atoms with Crippen molar-refractivity contribution in [2.75, 3.05) is 19.6 Å². The van der Waals surface area contributed by atoms with Gasteiger partial charge in [0.2, 0.25) is 11.8 Å². The van der Waals surface area contributed by atoms with Gasteiger partial charge in [0, 0.05) is 56.6 Å². The molecule has 152 valence electrons. The summed E-state index contributed by atoms with van der Waals surface area (Å²) in [7, 11) is 0. The van der Waals surface area contributed by atoms with Crippen LogP contribution in [-0.2, 0) is 9.59 Å². The molecule has 1 aromatic heterocycles. The Morgan fingerprint density at radius 3 is 2.52 bits per heavy atom. The van der Waals surface area contributed by atoms with Crippen LogP contribution >= 0.6 is 0 Å². The quantitative estimate of drug-likeness (QED) is 0.844. The minimum Gasteiger partial charge on any atom is -0.352 e. The fraction of sp³-hybridized carbons (Fsp3) is 0.455. The molecule has 1 atom stereocenters. The minimum absolute atomic E-state index is 0.0570. The molecule has 3 heterocycles. The molecule has 7 nitrogen and oxygen atoms in total. The topological polar surface area (TPSA) is 82.6 Å². The van der Waals surface area contributed by atoms with Crippen LogP contribution in [0.15, 0.2) is 36.5 Å². The molecule has 1 spiro atoms. The number of pyridine rings is 1. The summed E-state index contributed by atoms with van der Waals surface area (Å²) in [6.07, 6.45) is 3.84. The van der Waals surface area contributed by atoms with Gasteiger partial charge in [-0.1, -0.05) is 18.2 Å². The van der Waals surface area contributed by atoms with Crippen LogP contribution in [0.3, 0.4) is 0 Å². The van der Waals surface area contributed by atoms with Gasteiger partial charge in [-0.2, -0.15) is 0 Å². The molecule has 0 radical (unpaired) electrons. The van der Waals surface area contributed by atoms with Crippen LogP contribution in [0.1, 0.15) is 43.5 Å². The number of benzene rings is 1. The highest BCUT2D eigenvalue weighted by Crippen LogP contribution is 2.40. The number of aromatic nitrogens is 1. The van der Waals surface area contributed by atoms with E-state index in [9.17, 15) is 14.4 Å². The Labute approximate surface area is 170 Å². The molecule has 2 aliphatic heterocycles. The first-order valence-electron chi connectivity index (χ1n) is 10.1. The van der Waals surface area contributed by atoms with Crippen LogP contribution in [0.25, 0.3) is 10.9 Å². The number of para-hydroxylation sites is 1. The van der Waals surface area contributed by atoms with E-state index in [1.54, 1.807) is 13.1 Å². The maximum absolute atomic E-state index is 13.7. The summed E-state index contributed by atoms with van der Waals surface area (Å²) in [4.78, 5) is 45.3. The van der Waals surface area contributed by atoms with Gasteiger partial charge in [0.15, 0.2) is 0 Å². The van der Waals surface area contributed by atoms with Crippen LogP contribution in [0.5, 0.6) is 0 Å². The van der Waals surface area contributed by atoms with E-state index in [0.29, 0.717) is 50.0 Å². The summed E-state index contributed by atoms with van der Waals surface area (Å²) in [5.74, 6) is -0.0849. The second-order valence-electron chi connectivity index (χ2n) is 8.13. The third kappa shape index (κ3) is 3.57. The van der Waals surface area contributed by atoms with Crippen LogP contribution in [0, 0.1) is 0 Å². The Morgan fingerprint density at radius 2 is 1.83 bits per heavy atom. The van der Waals surface area contributed by atoms with Gasteiger partial charge in [-0.15, -0.1) is 0 Å². The number of hydrogen-bond donors (Lipinski definition) is 1. The van der Waals surface area contributed by atoms with E-state index >= 15 is 0 Å². The number of nitrogens with zero attached hydrogens (tertiary/aromatic N) is 3. The standard InChI is InChI=1S/C22H26N4O3/c1-15(27)24-18-13-22(8-11-25(12-9-22)16(2)28)26(14-18)21(29)19-7-3-5-17-6-4-10-23-20(17)19/h3-7,10,18H,8-9,11-14H2,1-2H3,(H,24,27)/t18-/m1/s1. The maximum Gasteiger partial charge on any atom is 0.256 e. The predicted octanol–water partition coefficient (Wildman–Crippen LogP) is 1.97. The lowest BCUT2D eigenvalue weighted by Gasteiger charge is -2.44. The first kappa shape index (κ1) is 19.4. The van der Waals surface area contributed by atoms with Gasteiger partial charge in [-0.05, 0) is 31.4 Å². The molecule has 0 bridgehead atoms. The monoisotopic (exact) mass is 394 g/mol. The largest absolute Gasteiger partial charge is 0.352 e. The molecule has 2 fully saturated rings. The Balaban J connectivity index is 1.68. The fourth-order valence-corrected chi connectivity index (χ4v) is 4.86. The average molecular weight is 394 g/mol. The van der Waals surface area contributed by atoms with Gasteiger partial charge < -0.3 is 15.1 Å². The van der Waals surface area contributed by atoms with Crippen molar-refractivity contribution in [1.82, 2.24) is 20.1 Å². The smallest absolute Gasteiger partial charge is 0.256 e. The molecule has 2 aromatic rings. The van der Waals surface area contributed by atoms with Crippen molar-refractivity contribution in [2.45, 2.75) is 44.7 Å². The minimum atomic E-state index is -0.354. The third-order valence-electron chi connectivity index (χ3n) is 6.26. The normalized spacial score (nSPS) is 20.8. The van der Waals surface area contributed by atoms with Crippen molar-refractivity contribution in [3.63, 3.8) is 0 Å². The van der Waals surface area contributed by atoms with Crippen LogP contribution in [0.4, 0.5) is 0 Å². The SMILES string of the molecule is CC(=O)N[C@H]1CN(C(=O)c2cccc3cccnc23)C2(CCN(C(C)=O)CC2)C1. The Bertz CT molecular complexity index is 960. The van der Waals surface area contributed by atoms with E-state index in [1.807, 2.05) is 40.1 Å². The highest BCUT2D eigenvalue weighted by Gasteiger charge is 2.50. The second-order valence-corrected chi connectivity index (χ2v) is 8.13. The zero-order valence-corrected chi connectivity index (χ0v) is 16.9. The van der Waals surface area contributed by atoms with E-state index in [2.05, 4.69) is 10.3 Å². The van der Waals surface area contributed by atoms with E-state index in [0.717, 1.165) is 5.39 Å². The first-order valence-corrected chi connectivity index (χ1v) is 10.1. The van der Waals surface area contributed by atoms with Crippen molar-refractivity contribution in [1.29, 1.82) is 0 Å². The molecule has 0 saturated carbocycles. The van der Waals surface area contributed by atoms with Gasteiger partial charge in [0.1, 0.15) is 0 Å². The number of rotatable bonds is 2. The zero-order chi connectivity index (χ0) is 20.6. The molecule has 0 unspecified atom stereocenters. The van der Waals surface area contributed by atoms with E-state index in [1.165, 1.54) is 6.92 Å². The number of piperidine rings is 1. The number of amides is 3. The number of hydrogen-bond acceptors (Lipinski definition) is 4. The molecular weight excluding hydrogens is 368 g/mol. The molecule has 2 aliphatic rings. The molecule has 1 N–H and O–H groups in total. The molecular formula is C22H26N4O3. The Kier molecular flexibility index (Phi) is 4.98. The van der Waals surface area contributed by atoms with Gasteiger partial charge in [0.25, 0.3) is 5.91 Å². The lowest BCUT2D eigenvalue weighted by molar-refractivity contribution is -0.131. The molecule has 29 heavy (non-hydrogen) atoms. The predicted molar refractivity (Wildman–Crippen MR) is 109 cm³/mol. The second kappa shape index (κ2) is 7.46. The third-order valence-corrected chi connectivity index (χ3v) is 6.26. The molecule has 1 aromatic carbocycles. The molecule has 4 rings (SSSR count). The number of carbonyl (C=O) groups excluding carboxylic acids is 3. The highest BCUT2D eigenvalue weighted by atomic mass is 16.2. The van der Waals surface area contributed by atoms with Crippen LogP contribution < -0.4 is 5.32 Å². The number of carbonyl (C=O) groups is 3. The lowest BCUT2D eigenvalue weighted by Crippen LogP contribution is -2.54. The van der Waals surface area contributed by atoms with Crippen molar-refractivity contribution in [3.05, 3.63) is 42.1 Å². The molecule has 2 saturated heterocycles. The number of likely N-dealkylation sites (tertiary alicyclic amines) is 2. The zero-order valence-electron chi connectivity index (χ0n) is 16.9. The van der Waals surface area contributed by atoms with E-state index < -0.39 is 0 Å².